The van der Waals surface area contributed by atoms with Crippen LogP contribution in [0.25, 0.3) is 17.2 Å². The summed E-state index contributed by atoms with van der Waals surface area (Å²) in [5.41, 5.74) is 5.18. The third kappa shape index (κ3) is 5.81. The van der Waals surface area contributed by atoms with Crippen LogP contribution < -0.4 is 5.32 Å². The quantitative estimate of drug-likeness (QED) is 0.546. The topological polar surface area (TPSA) is 32.3 Å². The fourth-order valence-electron chi connectivity index (χ4n) is 2.84. The molecule has 0 saturated heterocycles. The number of amides is 1. The molecule has 0 aliphatic carbocycles. The Morgan fingerprint density at radius 1 is 0.893 bits per heavy atom. The van der Waals surface area contributed by atoms with Crippen molar-refractivity contribution in [1.82, 2.24) is 4.90 Å². The van der Waals surface area contributed by atoms with Crippen molar-refractivity contribution in [1.29, 1.82) is 0 Å². The van der Waals surface area contributed by atoms with E-state index in [2.05, 4.69) is 10.2 Å². The van der Waals surface area contributed by atoms with E-state index in [0.717, 1.165) is 33.9 Å². The molecule has 0 atom stereocenters. The molecule has 0 spiro atoms. The molecule has 1 amide bonds. The van der Waals surface area contributed by atoms with Gasteiger partial charge in [0.05, 0.1) is 0 Å². The van der Waals surface area contributed by atoms with Gasteiger partial charge < -0.3 is 10.2 Å². The molecule has 0 bridgehead atoms. The van der Waals surface area contributed by atoms with E-state index >= 15 is 0 Å². The van der Waals surface area contributed by atoms with Crippen molar-refractivity contribution in [2.45, 2.75) is 6.54 Å². The Morgan fingerprint density at radius 2 is 1.46 bits per heavy atom. The number of hydrogen-bond donors (Lipinski definition) is 1. The van der Waals surface area contributed by atoms with Crippen molar-refractivity contribution < 1.29 is 4.79 Å². The predicted octanol–water partition coefficient (Wildman–Crippen LogP) is 5.72. The maximum Gasteiger partial charge on any atom is 0.248 e. The molecule has 3 rings (SSSR count). The minimum absolute atomic E-state index is 0.151. The van der Waals surface area contributed by atoms with Crippen molar-refractivity contribution in [2.75, 3.05) is 19.4 Å². The molecule has 142 valence electrons. The fraction of sp³-hybridized carbons (Fsp3) is 0.125. The first kappa shape index (κ1) is 19.9. The Labute approximate surface area is 171 Å². The monoisotopic (exact) mass is 390 g/mol. The number of carbonyl (C=O) groups excluding carboxylic acids is 1. The van der Waals surface area contributed by atoms with Crippen LogP contribution in [-0.4, -0.2) is 24.9 Å². The summed E-state index contributed by atoms with van der Waals surface area (Å²) in [5.74, 6) is -0.151. The van der Waals surface area contributed by atoms with Gasteiger partial charge in [0.2, 0.25) is 5.91 Å². The van der Waals surface area contributed by atoms with Gasteiger partial charge in [-0.3, -0.25) is 4.79 Å². The second kappa shape index (κ2) is 9.36. The first-order valence-corrected chi connectivity index (χ1v) is 9.46. The van der Waals surface area contributed by atoms with E-state index in [4.69, 9.17) is 11.6 Å². The number of hydrogen-bond acceptors (Lipinski definition) is 2. The molecular formula is C24H23ClN2O. The zero-order chi connectivity index (χ0) is 19.9. The molecule has 3 aromatic carbocycles. The molecule has 4 heteroatoms. The molecule has 28 heavy (non-hydrogen) atoms. The van der Waals surface area contributed by atoms with Gasteiger partial charge >= 0.3 is 0 Å². The van der Waals surface area contributed by atoms with Gasteiger partial charge in [0, 0.05) is 23.3 Å². The van der Waals surface area contributed by atoms with E-state index < -0.39 is 0 Å². The van der Waals surface area contributed by atoms with Crippen molar-refractivity contribution in [3.05, 3.63) is 95.0 Å². The molecule has 0 heterocycles. The molecule has 0 saturated carbocycles. The lowest BCUT2D eigenvalue weighted by molar-refractivity contribution is -0.111. The first-order valence-electron chi connectivity index (χ1n) is 9.08. The van der Waals surface area contributed by atoms with Crippen LogP contribution in [0.15, 0.2) is 78.9 Å². The van der Waals surface area contributed by atoms with E-state index in [-0.39, 0.29) is 5.91 Å². The average molecular weight is 391 g/mol. The molecule has 0 unspecified atom stereocenters. The highest BCUT2D eigenvalue weighted by atomic mass is 35.5. The normalized spacial score (nSPS) is 11.1. The van der Waals surface area contributed by atoms with E-state index in [9.17, 15) is 4.79 Å². The third-order valence-corrected chi connectivity index (χ3v) is 4.49. The van der Waals surface area contributed by atoms with Crippen molar-refractivity contribution in [3.8, 4) is 11.1 Å². The molecule has 0 aliphatic rings. The Balaban J connectivity index is 1.58. The lowest BCUT2D eigenvalue weighted by Gasteiger charge is -2.10. The van der Waals surface area contributed by atoms with Gasteiger partial charge in [-0.15, -0.1) is 0 Å². The van der Waals surface area contributed by atoms with Crippen molar-refractivity contribution in [3.63, 3.8) is 0 Å². The maximum absolute atomic E-state index is 12.2. The molecule has 0 aliphatic heterocycles. The predicted molar refractivity (Wildman–Crippen MR) is 118 cm³/mol. The SMILES string of the molecule is CN(C)Cc1ccc(NC(=O)C=Cc2ccc(-c3ccc(Cl)cc3)cc2)cc1. The van der Waals surface area contributed by atoms with Gasteiger partial charge in [-0.1, -0.05) is 60.1 Å². The van der Waals surface area contributed by atoms with Gasteiger partial charge in [-0.25, -0.2) is 0 Å². The van der Waals surface area contributed by atoms with Crippen LogP contribution in [0.5, 0.6) is 0 Å². The van der Waals surface area contributed by atoms with E-state index in [1.165, 1.54) is 5.56 Å². The standard InChI is InChI=1S/C24H23ClN2O/c1-27(2)17-19-5-14-23(15-6-19)26-24(28)16-7-18-3-8-20(9-4-18)21-10-12-22(25)13-11-21/h3-16H,17H2,1-2H3,(H,26,28). The largest absolute Gasteiger partial charge is 0.323 e. The smallest absolute Gasteiger partial charge is 0.248 e. The maximum atomic E-state index is 12.2. The van der Waals surface area contributed by atoms with Crippen molar-refractivity contribution in [2.24, 2.45) is 0 Å². The van der Waals surface area contributed by atoms with Crippen LogP contribution in [-0.2, 0) is 11.3 Å². The summed E-state index contributed by atoms with van der Waals surface area (Å²) >= 11 is 5.93. The molecule has 0 fully saturated rings. The van der Waals surface area contributed by atoms with Crippen LogP contribution in [0.4, 0.5) is 5.69 Å². The minimum atomic E-state index is -0.151. The lowest BCUT2D eigenvalue weighted by atomic mass is 10.0. The van der Waals surface area contributed by atoms with Gasteiger partial charge in [0.25, 0.3) is 0 Å². The molecular weight excluding hydrogens is 368 g/mol. The Hall–Kier alpha value is -2.88. The van der Waals surface area contributed by atoms with Crippen LogP contribution in [0.3, 0.4) is 0 Å². The van der Waals surface area contributed by atoms with Crippen LogP contribution >= 0.6 is 11.6 Å². The first-order chi connectivity index (χ1) is 13.5. The van der Waals surface area contributed by atoms with Crippen molar-refractivity contribution >= 4 is 29.3 Å². The van der Waals surface area contributed by atoms with Crippen LogP contribution in [0.1, 0.15) is 11.1 Å². The summed E-state index contributed by atoms with van der Waals surface area (Å²) < 4.78 is 0. The average Bonchev–Trinajstić information content (AvgIpc) is 2.69. The van der Waals surface area contributed by atoms with E-state index in [1.54, 1.807) is 12.2 Å². The number of rotatable bonds is 6. The number of benzene rings is 3. The number of anilines is 1. The van der Waals surface area contributed by atoms with Gasteiger partial charge in [-0.2, -0.15) is 0 Å². The van der Waals surface area contributed by atoms with Gasteiger partial charge in [-0.05, 0) is 66.7 Å². The molecule has 3 aromatic rings. The van der Waals surface area contributed by atoms with E-state index in [0.29, 0.717) is 0 Å². The molecule has 0 radical (unpaired) electrons. The summed E-state index contributed by atoms with van der Waals surface area (Å²) in [4.78, 5) is 14.3. The molecule has 1 N–H and O–H groups in total. The minimum Gasteiger partial charge on any atom is -0.323 e. The second-order valence-electron chi connectivity index (χ2n) is 6.89. The Bertz CT molecular complexity index is 943. The van der Waals surface area contributed by atoms with Crippen LogP contribution in [0, 0.1) is 0 Å². The highest BCUT2D eigenvalue weighted by Crippen LogP contribution is 2.22. The molecule has 0 aromatic heterocycles. The summed E-state index contributed by atoms with van der Waals surface area (Å²) in [5, 5.41) is 3.61. The summed E-state index contributed by atoms with van der Waals surface area (Å²) in [7, 11) is 4.06. The highest BCUT2D eigenvalue weighted by molar-refractivity contribution is 6.30. The zero-order valence-electron chi connectivity index (χ0n) is 16.0. The third-order valence-electron chi connectivity index (χ3n) is 4.24. The number of halogens is 1. The summed E-state index contributed by atoms with van der Waals surface area (Å²) in [6.45, 7) is 0.875. The Morgan fingerprint density at radius 3 is 2.04 bits per heavy atom. The highest BCUT2D eigenvalue weighted by Gasteiger charge is 2.01. The summed E-state index contributed by atoms with van der Waals surface area (Å²) in [6.07, 6.45) is 3.35. The van der Waals surface area contributed by atoms with Gasteiger partial charge in [0.1, 0.15) is 0 Å². The number of carbonyl (C=O) groups is 1. The lowest BCUT2D eigenvalue weighted by Crippen LogP contribution is -2.11. The van der Waals surface area contributed by atoms with E-state index in [1.807, 2.05) is 86.9 Å². The van der Waals surface area contributed by atoms with Crippen LogP contribution in [0.2, 0.25) is 5.02 Å². The van der Waals surface area contributed by atoms with Gasteiger partial charge in [0.15, 0.2) is 0 Å². The Kier molecular flexibility index (Phi) is 6.64. The number of nitrogens with one attached hydrogen (secondary N) is 1. The molecule has 3 nitrogen and oxygen atoms in total. The number of nitrogens with zero attached hydrogens (tertiary/aromatic N) is 1. The zero-order valence-corrected chi connectivity index (χ0v) is 16.8. The fourth-order valence-corrected chi connectivity index (χ4v) is 2.97. The summed E-state index contributed by atoms with van der Waals surface area (Å²) in [6, 6.07) is 23.7. The second-order valence-corrected chi connectivity index (χ2v) is 7.32.